The summed E-state index contributed by atoms with van der Waals surface area (Å²) in [7, 11) is 0. The van der Waals surface area contributed by atoms with Crippen LogP contribution in [0.25, 0.3) is 0 Å². The first kappa shape index (κ1) is 15.6. The molecule has 1 saturated heterocycles. The van der Waals surface area contributed by atoms with Crippen LogP contribution >= 0.6 is 57.1 Å². The highest BCUT2D eigenvalue weighted by Crippen LogP contribution is 2.36. The fraction of sp³-hybridized carbons (Fsp3) is 0.267. The van der Waals surface area contributed by atoms with Crippen molar-refractivity contribution in [3.63, 3.8) is 0 Å². The van der Waals surface area contributed by atoms with E-state index in [0.717, 1.165) is 33.4 Å². The standard InChI is InChI=1S/C15H12Cl2INOS/c16-11-4-3-9(6-12(11)17)13-2-1-5-19(13)15(20)10-7-14(18)21-8-10/h3-4,6-8,13H,1-2,5H2. The maximum absolute atomic E-state index is 12.7. The molecule has 0 aliphatic carbocycles. The first-order chi connectivity index (χ1) is 10.1. The number of rotatable bonds is 2. The lowest BCUT2D eigenvalue weighted by molar-refractivity contribution is 0.0736. The van der Waals surface area contributed by atoms with Crippen LogP contribution in [-0.2, 0) is 0 Å². The molecule has 2 nitrogen and oxygen atoms in total. The van der Waals surface area contributed by atoms with Crippen LogP contribution in [0.4, 0.5) is 0 Å². The molecule has 0 spiro atoms. The third-order valence-corrected chi connectivity index (χ3v) is 6.18. The first-order valence-electron chi connectivity index (χ1n) is 6.56. The van der Waals surface area contributed by atoms with Crippen molar-refractivity contribution in [1.82, 2.24) is 4.90 Å². The molecule has 1 aliphatic heterocycles. The van der Waals surface area contributed by atoms with E-state index >= 15 is 0 Å². The van der Waals surface area contributed by atoms with Gasteiger partial charge >= 0.3 is 0 Å². The molecule has 1 aromatic heterocycles. The number of hydrogen-bond donors (Lipinski definition) is 0. The molecule has 2 aromatic rings. The Bertz CT molecular complexity index is 688. The number of hydrogen-bond acceptors (Lipinski definition) is 2. The number of nitrogens with zero attached hydrogens (tertiary/aromatic N) is 1. The van der Waals surface area contributed by atoms with Gasteiger partial charge in [0.15, 0.2) is 0 Å². The van der Waals surface area contributed by atoms with E-state index in [1.807, 2.05) is 28.5 Å². The molecule has 6 heteroatoms. The fourth-order valence-corrected chi connectivity index (χ4v) is 4.29. The Kier molecular flexibility index (Phi) is 4.78. The van der Waals surface area contributed by atoms with E-state index in [-0.39, 0.29) is 11.9 Å². The third-order valence-electron chi connectivity index (χ3n) is 3.66. The SMILES string of the molecule is O=C(c1csc(I)c1)N1CCCC1c1ccc(Cl)c(Cl)c1. The lowest BCUT2D eigenvalue weighted by atomic mass is 10.0. The van der Waals surface area contributed by atoms with Crippen LogP contribution in [-0.4, -0.2) is 17.4 Å². The lowest BCUT2D eigenvalue weighted by Gasteiger charge is -2.25. The maximum Gasteiger partial charge on any atom is 0.255 e. The second-order valence-electron chi connectivity index (χ2n) is 4.97. The summed E-state index contributed by atoms with van der Waals surface area (Å²) in [5, 5.41) is 3.01. The number of carbonyl (C=O) groups excluding carboxylic acids is 1. The van der Waals surface area contributed by atoms with E-state index < -0.39 is 0 Å². The number of thiophene rings is 1. The van der Waals surface area contributed by atoms with E-state index in [1.54, 1.807) is 17.4 Å². The summed E-state index contributed by atoms with van der Waals surface area (Å²) in [4.78, 5) is 14.6. The number of halogens is 3. The van der Waals surface area contributed by atoms with Gasteiger partial charge in [0.1, 0.15) is 0 Å². The topological polar surface area (TPSA) is 20.3 Å². The average Bonchev–Trinajstić information content (AvgIpc) is 3.10. The van der Waals surface area contributed by atoms with Crippen molar-refractivity contribution in [2.75, 3.05) is 6.54 Å². The van der Waals surface area contributed by atoms with Gasteiger partial charge in [-0.25, -0.2) is 0 Å². The molecule has 1 unspecified atom stereocenters. The van der Waals surface area contributed by atoms with Crippen LogP contribution < -0.4 is 0 Å². The second-order valence-corrected chi connectivity index (χ2v) is 8.59. The van der Waals surface area contributed by atoms with Gasteiger partial charge in [-0.2, -0.15) is 0 Å². The summed E-state index contributed by atoms with van der Waals surface area (Å²) >= 11 is 15.9. The molecule has 3 rings (SSSR count). The summed E-state index contributed by atoms with van der Waals surface area (Å²) in [6, 6.07) is 7.66. The summed E-state index contributed by atoms with van der Waals surface area (Å²) in [5.41, 5.74) is 1.83. The molecule has 1 amide bonds. The summed E-state index contributed by atoms with van der Waals surface area (Å²) in [5.74, 6) is 0.0998. The monoisotopic (exact) mass is 451 g/mol. The van der Waals surface area contributed by atoms with Gasteiger partial charge in [0.2, 0.25) is 0 Å². The highest BCUT2D eigenvalue weighted by molar-refractivity contribution is 14.1. The number of amides is 1. The normalized spacial score (nSPS) is 18.2. The highest BCUT2D eigenvalue weighted by Gasteiger charge is 2.31. The van der Waals surface area contributed by atoms with Crippen molar-refractivity contribution in [2.45, 2.75) is 18.9 Å². The Morgan fingerprint density at radius 1 is 1.29 bits per heavy atom. The molecule has 1 atom stereocenters. The van der Waals surface area contributed by atoms with Crippen molar-refractivity contribution in [3.05, 3.63) is 53.7 Å². The lowest BCUT2D eigenvalue weighted by Crippen LogP contribution is -2.30. The predicted molar refractivity (Wildman–Crippen MR) is 96.5 cm³/mol. The largest absolute Gasteiger partial charge is 0.332 e. The Labute approximate surface area is 151 Å². The average molecular weight is 452 g/mol. The third kappa shape index (κ3) is 3.23. The van der Waals surface area contributed by atoms with Gasteiger partial charge in [-0.15, -0.1) is 11.3 Å². The highest BCUT2D eigenvalue weighted by atomic mass is 127. The van der Waals surface area contributed by atoms with Crippen LogP contribution in [0.5, 0.6) is 0 Å². The smallest absolute Gasteiger partial charge is 0.255 e. The van der Waals surface area contributed by atoms with Crippen molar-refractivity contribution in [2.24, 2.45) is 0 Å². The fourth-order valence-electron chi connectivity index (χ4n) is 2.66. The molecule has 110 valence electrons. The molecule has 0 radical (unpaired) electrons. The maximum atomic E-state index is 12.7. The summed E-state index contributed by atoms with van der Waals surface area (Å²) < 4.78 is 1.13. The van der Waals surface area contributed by atoms with Crippen LogP contribution in [0.2, 0.25) is 10.0 Å². The second kappa shape index (κ2) is 6.44. The molecule has 0 saturated carbocycles. The zero-order chi connectivity index (χ0) is 15.0. The minimum atomic E-state index is 0.0878. The van der Waals surface area contributed by atoms with Crippen molar-refractivity contribution < 1.29 is 4.79 Å². The Balaban J connectivity index is 1.88. The van der Waals surface area contributed by atoms with E-state index in [4.69, 9.17) is 23.2 Å². The van der Waals surface area contributed by atoms with Crippen molar-refractivity contribution in [1.29, 1.82) is 0 Å². The first-order valence-corrected chi connectivity index (χ1v) is 9.27. The molecule has 21 heavy (non-hydrogen) atoms. The van der Waals surface area contributed by atoms with Gasteiger partial charge in [-0.3, -0.25) is 4.79 Å². The van der Waals surface area contributed by atoms with Crippen LogP contribution in [0, 0.1) is 2.88 Å². The van der Waals surface area contributed by atoms with Gasteiger partial charge < -0.3 is 4.90 Å². The van der Waals surface area contributed by atoms with Crippen LogP contribution in [0.3, 0.4) is 0 Å². The molecule has 0 bridgehead atoms. The van der Waals surface area contributed by atoms with Gasteiger partial charge in [-0.05, 0) is 59.2 Å². The number of carbonyl (C=O) groups is 1. The Morgan fingerprint density at radius 3 is 2.76 bits per heavy atom. The Morgan fingerprint density at radius 2 is 2.10 bits per heavy atom. The number of benzene rings is 1. The minimum Gasteiger partial charge on any atom is -0.332 e. The van der Waals surface area contributed by atoms with E-state index in [0.29, 0.717) is 10.0 Å². The van der Waals surface area contributed by atoms with Gasteiger partial charge in [0, 0.05) is 11.9 Å². The quantitative estimate of drug-likeness (QED) is 0.541. The predicted octanol–water partition coefficient (Wildman–Crippen LogP) is 5.64. The molecule has 1 aromatic carbocycles. The van der Waals surface area contributed by atoms with Crippen LogP contribution in [0.1, 0.15) is 34.8 Å². The summed E-state index contributed by atoms with van der Waals surface area (Å²) in [6.07, 6.45) is 1.98. The molecule has 2 heterocycles. The van der Waals surface area contributed by atoms with Gasteiger partial charge in [-0.1, -0.05) is 29.3 Å². The van der Waals surface area contributed by atoms with E-state index in [2.05, 4.69) is 22.6 Å². The molecular formula is C15H12Cl2INOS. The van der Waals surface area contributed by atoms with Gasteiger partial charge in [0.05, 0.1) is 24.5 Å². The van der Waals surface area contributed by atoms with Gasteiger partial charge in [0.25, 0.3) is 5.91 Å². The van der Waals surface area contributed by atoms with Crippen LogP contribution in [0.15, 0.2) is 29.6 Å². The zero-order valence-electron chi connectivity index (χ0n) is 11.0. The molecule has 1 fully saturated rings. The summed E-state index contributed by atoms with van der Waals surface area (Å²) in [6.45, 7) is 0.788. The zero-order valence-corrected chi connectivity index (χ0v) is 15.5. The van der Waals surface area contributed by atoms with Crippen molar-refractivity contribution >= 4 is 63.0 Å². The number of likely N-dealkylation sites (tertiary alicyclic amines) is 1. The molecule has 0 N–H and O–H groups in total. The molecule has 1 aliphatic rings. The van der Waals surface area contributed by atoms with E-state index in [1.165, 1.54) is 0 Å². The van der Waals surface area contributed by atoms with E-state index in [9.17, 15) is 4.79 Å². The molecular weight excluding hydrogens is 440 g/mol. The van der Waals surface area contributed by atoms with Crippen molar-refractivity contribution in [3.8, 4) is 0 Å². The minimum absolute atomic E-state index is 0.0878. The Hall–Kier alpha value is -0.300.